The van der Waals surface area contributed by atoms with Crippen molar-refractivity contribution >= 4 is 28.9 Å². The van der Waals surface area contributed by atoms with Crippen LogP contribution in [0.3, 0.4) is 0 Å². The lowest BCUT2D eigenvalue weighted by atomic mass is 10.1. The quantitative estimate of drug-likeness (QED) is 0.886. The second-order valence-electron chi connectivity index (χ2n) is 4.12. The van der Waals surface area contributed by atoms with Crippen LogP contribution in [-0.4, -0.2) is 9.78 Å². The fraction of sp³-hybridized carbons (Fsp3) is 0.231. The third-order valence-electron chi connectivity index (χ3n) is 2.74. The van der Waals surface area contributed by atoms with E-state index in [0.29, 0.717) is 28.7 Å². The Balaban J connectivity index is 2.39. The summed E-state index contributed by atoms with van der Waals surface area (Å²) in [6.07, 6.45) is 0.457. The summed E-state index contributed by atoms with van der Waals surface area (Å²) in [5, 5.41) is 5.25. The van der Waals surface area contributed by atoms with Gasteiger partial charge in [0.15, 0.2) is 0 Å². The molecule has 1 aromatic carbocycles. The molecule has 6 heteroatoms. The van der Waals surface area contributed by atoms with E-state index in [1.807, 2.05) is 6.92 Å². The maximum Gasteiger partial charge on any atom is 0.266 e. The van der Waals surface area contributed by atoms with Crippen molar-refractivity contribution in [3.63, 3.8) is 0 Å². The molecule has 0 saturated heterocycles. The largest absolute Gasteiger partial charge is 0.399 e. The van der Waals surface area contributed by atoms with E-state index >= 15 is 0 Å². The topological polar surface area (TPSA) is 60.9 Å². The van der Waals surface area contributed by atoms with Gasteiger partial charge in [-0.15, -0.1) is 0 Å². The first kappa shape index (κ1) is 13.9. The third-order valence-corrected chi connectivity index (χ3v) is 3.42. The van der Waals surface area contributed by atoms with Crippen molar-refractivity contribution in [1.82, 2.24) is 9.78 Å². The molecule has 0 bridgehead atoms. The van der Waals surface area contributed by atoms with Gasteiger partial charge in [-0.3, -0.25) is 4.79 Å². The van der Waals surface area contributed by atoms with Gasteiger partial charge in [-0.1, -0.05) is 23.2 Å². The number of aromatic nitrogens is 2. The summed E-state index contributed by atoms with van der Waals surface area (Å²) in [7, 11) is 0. The highest BCUT2D eigenvalue weighted by Gasteiger charge is 2.10. The van der Waals surface area contributed by atoms with Crippen LogP contribution in [0.5, 0.6) is 0 Å². The number of nitrogens with two attached hydrogens (primary N) is 1. The number of hydrogen-bond acceptors (Lipinski definition) is 3. The SMILES string of the molecule is CCn1nc(Cc2c(Cl)cc(N)cc2Cl)ccc1=O. The number of hydrogen-bond donors (Lipinski definition) is 1. The summed E-state index contributed by atoms with van der Waals surface area (Å²) >= 11 is 12.3. The predicted octanol–water partition coefficient (Wildman–Crippen LogP) is 2.74. The van der Waals surface area contributed by atoms with Crippen LogP contribution in [0.2, 0.25) is 10.0 Å². The molecular weight excluding hydrogens is 285 g/mol. The molecule has 0 radical (unpaired) electrons. The lowest BCUT2D eigenvalue weighted by Gasteiger charge is -2.09. The van der Waals surface area contributed by atoms with Crippen molar-refractivity contribution in [2.45, 2.75) is 19.9 Å². The molecule has 0 saturated carbocycles. The van der Waals surface area contributed by atoms with Crippen molar-refractivity contribution in [2.24, 2.45) is 0 Å². The van der Waals surface area contributed by atoms with Crippen LogP contribution >= 0.6 is 23.2 Å². The summed E-state index contributed by atoms with van der Waals surface area (Å²) < 4.78 is 1.40. The Morgan fingerprint density at radius 1 is 1.26 bits per heavy atom. The number of nitrogens with zero attached hydrogens (tertiary/aromatic N) is 2. The van der Waals surface area contributed by atoms with Crippen molar-refractivity contribution in [1.29, 1.82) is 0 Å². The van der Waals surface area contributed by atoms with Crippen LogP contribution in [0.15, 0.2) is 29.1 Å². The van der Waals surface area contributed by atoms with Gasteiger partial charge in [0, 0.05) is 34.8 Å². The van der Waals surface area contributed by atoms with Crippen LogP contribution in [0.1, 0.15) is 18.2 Å². The number of benzene rings is 1. The highest BCUT2D eigenvalue weighted by atomic mass is 35.5. The number of anilines is 1. The van der Waals surface area contributed by atoms with Crippen LogP contribution in [0.4, 0.5) is 5.69 Å². The van der Waals surface area contributed by atoms with Gasteiger partial charge in [0.1, 0.15) is 0 Å². The summed E-state index contributed by atoms with van der Waals surface area (Å²) in [6.45, 7) is 2.39. The molecule has 0 aliphatic heterocycles. The Labute approximate surface area is 120 Å². The highest BCUT2D eigenvalue weighted by molar-refractivity contribution is 6.36. The second kappa shape index (κ2) is 5.63. The predicted molar refractivity (Wildman–Crippen MR) is 77.9 cm³/mol. The van der Waals surface area contributed by atoms with E-state index in [-0.39, 0.29) is 5.56 Å². The van der Waals surface area contributed by atoms with Gasteiger partial charge in [0.2, 0.25) is 0 Å². The van der Waals surface area contributed by atoms with E-state index in [1.165, 1.54) is 10.7 Å². The van der Waals surface area contributed by atoms with Crippen molar-refractivity contribution in [3.05, 3.63) is 55.9 Å². The van der Waals surface area contributed by atoms with Crippen molar-refractivity contribution in [3.8, 4) is 0 Å². The smallest absolute Gasteiger partial charge is 0.266 e. The van der Waals surface area contributed by atoms with Gasteiger partial charge >= 0.3 is 0 Å². The minimum Gasteiger partial charge on any atom is -0.399 e. The maximum atomic E-state index is 11.5. The van der Waals surface area contributed by atoms with E-state index < -0.39 is 0 Å². The number of nitrogen functional groups attached to an aromatic ring is 1. The van der Waals surface area contributed by atoms with E-state index in [1.54, 1.807) is 18.2 Å². The summed E-state index contributed by atoms with van der Waals surface area (Å²) in [5.74, 6) is 0. The van der Waals surface area contributed by atoms with Crippen LogP contribution in [0, 0.1) is 0 Å². The third kappa shape index (κ3) is 3.08. The normalized spacial score (nSPS) is 10.7. The van der Waals surface area contributed by atoms with Gasteiger partial charge < -0.3 is 5.73 Å². The minimum atomic E-state index is -0.124. The molecule has 0 spiro atoms. The Kier molecular flexibility index (Phi) is 4.12. The van der Waals surface area contributed by atoms with E-state index in [2.05, 4.69) is 5.10 Å². The Morgan fingerprint density at radius 2 is 1.89 bits per heavy atom. The summed E-state index contributed by atoms with van der Waals surface area (Å²) in [6, 6.07) is 6.47. The molecule has 2 N–H and O–H groups in total. The molecule has 0 fully saturated rings. The molecule has 2 rings (SSSR count). The zero-order valence-electron chi connectivity index (χ0n) is 10.4. The van der Waals surface area contributed by atoms with Crippen LogP contribution < -0.4 is 11.3 Å². The van der Waals surface area contributed by atoms with Crippen molar-refractivity contribution in [2.75, 3.05) is 5.73 Å². The molecule has 0 atom stereocenters. The van der Waals surface area contributed by atoms with Gasteiger partial charge in [-0.25, -0.2) is 4.68 Å². The monoisotopic (exact) mass is 297 g/mol. The van der Waals surface area contributed by atoms with Gasteiger partial charge in [0.25, 0.3) is 5.56 Å². The first-order valence-electron chi connectivity index (χ1n) is 5.81. The molecule has 100 valence electrons. The molecule has 0 aliphatic rings. The number of rotatable bonds is 3. The molecule has 0 unspecified atom stereocenters. The standard InChI is InChI=1S/C13H13Cl2N3O/c1-2-18-13(19)4-3-9(17-18)7-10-11(14)5-8(16)6-12(10)15/h3-6H,2,7,16H2,1H3. The fourth-order valence-electron chi connectivity index (χ4n) is 1.78. The molecular formula is C13H13Cl2N3O. The molecule has 4 nitrogen and oxygen atoms in total. The summed E-state index contributed by atoms with van der Waals surface area (Å²) in [4.78, 5) is 11.5. The molecule has 0 aliphatic carbocycles. The Bertz CT molecular complexity index is 644. The van der Waals surface area contributed by atoms with Crippen LogP contribution in [-0.2, 0) is 13.0 Å². The lowest BCUT2D eigenvalue weighted by molar-refractivity contribution is 0.601. The zero-order chi connectivity index (χ0) is 14.0. The van der Waals surface area contributed by atoms with Crippen molar-refractivity contribution < 1.29 is 0 Å². The molecule has 2 aromatic rings. The minimum absolute atomic E-state index is 0.124. The first-order valence-corrected chi connectivity index (χ1v) is 6.57. The average molecular weight is 298 g/mol. The number of halogens is 2. The maximum absolute atomic E-state index is 11.5. The summed E-state index contributed by atoms with van der Waals surface area (Å²) in [5.41, 5.74) is 7.54. The fourth-order valence-corrected chi connectivity index (χ4v) is 2.42. The Morgan fingerprint density at radius 3 is 2.47 bits per heavy atom. The van der Waals surface area contributed by atoms with E-state index in [0.717, 1.165) is 11.3 Å². The average Bonchev–Trinajstić information content (AvgIpc) is 2.35. The number of aryl methyl sites for hydroxylation is 1. The molecule has 19 heavy (non-hydrogen) atoms. The molecule has 1 aromatic heterocycles. The van der Waals surface area contributed by atoms with Crippen LogP contribution in [0.25, 0.3) is 0 Å². The van der Waals surface area contributed by atoms with E-state index in [4.69, 9.17) is 28.9 Å². The second-order valence-corrected chi connectivity index (χ2v) is 4.93. The molecule has 1 heterocycles. The molecule has 0 amide bonds. The van der Waals surface area contributed by atoms with Gasteiger partial charge in [-0.2, -0.15) is 5.10 Å². The lowest BCUT2D eigenvalue weighted by Crippen LogP contribution is -2.22. The highest BCUT2D eigenvalue weighted by Crippen LogP contribution is 2.29. The Hall–Kier alpha value is -1.52. The van der Waals surface area contributed by atoms with Gasteiger partial charge in [-0.05, 0) is 30.7 Å². The van der Waals surface area contributed by atoms with E-state index in [9.17, 15) is 4.79 Å². The zero-order valence-corrected chi connectivity index (χ0v) is 11.9. The first-order chi connectivity index (χ1) is 9.01. The van der Waals surface area contributed by atoms with Gasteiger partial charge in [0.05, 0.1) is 5.69 Å².